The third-order valence-electron chi connectivity index (χ3n) is 2.62. The Morgan fingerprint density at radius 1 is 1.00 bits per heavy atom. The Labute approximate surface area is 117 Å². The van der Waals surface area contributed by atoms with Gasteiger partial charge in [0.2, 0.25) is 0 Å². The summed E-state index contributed by atoms with van der Waals surface area (Å²) < 4.78 is 44.3. The molecule has 0 unspecified atom stereocenters. The number of halogens is 4. The molecule has 0 aliphatic carbocycles. The molecule has 2 aromatic rings. The number of hydrogen-bond acceptors (Lipinski definition) is 1. The average molecular weight is 331 g/mol. The van der Waals surface area contributed by atoms with Crippen molar-refractivity contribution in [3.8, 4) is 11.5 Å². The normalized spacial score (nSPS) is 11.4. The molecule has 0 amide bonds. The highest BCUT2D eigenvalue weighted by Gasteiger charge is 2.36. The summed E-state index contributed by atoms with van der Waals surface area (Å²) in [7, 11) is 0. The number of benzene rings is 2. The van der Waals surface area contributed by atoms with Crippen LogP contribution in [0.3, 0.4) is 0 Å². The Hall–Kier alpha value is -1.49. The number of rotatable bonds is 2. The summed E-state index contributed by atoms with van der Waals surface area (Å²) in [4.78, 5) is 0. The van der Waals surface area contributed by atoms with Crippen molar-refractivity contribution in [2.75, 3.05) is 0 Å². The molecule has 0 radical (unpaired) electrons. The van der Waals surface area contributed by atoms with Gasteiger partial charge in [0.05, 0.1) is 5.56 Å². The predicted octanol–water partition coefficient (Wildman–Crippen LogP) is 5.57. The molecule has 2 aromatic carbocycles. The van der Waals surface area contributed by atoms with Crippen molar-refractivity contribution in [3.05, 3.63) is 58.1 Å². The lowest BCUT2D eigenvalue weighted by molar-refractivity contribution is -0.138. The summed E-state index contributed by atoms with van der Waals surface area (Å²) in [6.07, 6.45) is -4.42. The summed E-state index contributed by atoms with van der Waals surface area (Å²) >= 11 is 2.93. The van der Waals surface area contributed by atoms with E-state index in [9.17, 15) is 13.2 Å². The maximum Gasteiger partial charge on any atom is 0.417 e. The van der Waals surface area contributed by atoms with Crippen molar-refractivity contribution >= 4 is 15.9 Å². The predicted molar refractivity (Wildman–Crippen MR) is 70.4 cm³/mol. The van der Waals surface area contributed by atoms with Gasteiger partial charge in [-0.25, -0.2) is 0 Å². The van der Waals surface area contributed by atoms with Gasteiger partial charge < -0.3 is 4.74 Å². The molecular formula is C14H10BrF3O. The van der Waals surface area contributed by atoms with Gasteiger partial charge >= 0.3 is 6.18 Å². The molecule has 1 nitrogen and oxygen atoms in total. The molecule has 0 saturated carbocycles. The Morgan fingerprint density at radius 2 is 1.63 bits per heavy atom. The maximum atomic E-state index is 12.9. The van der Waals surface area contributed by atoms with Crippen LogP contribution in [-0.2, 0) is 6.18 Å². The van der Waals surface area contributed by atoms with Crippen molar-refractivity contribution < 1.29 is 17.9 Å². The van der Waals surface area contributed by atoms with Crippen LogP contribution < -0.4 is 4.74 Å². The van der Waals surface area contributed by atoms with Gasteiger partial charge in [-0.2, -0.15) is 13.2 Å². The quantitative estimate of drug-likeness (QED) is 0.699. The third kappa shape index (κ3) is 3.10. The zero-order valence-corrected chi connectivity index (χ0v) is 11.5. The minimum Gasteiger partial charge on any atom is -0.457 e. The second-order valence-electron chi connectivity index (χ2n) is 3.96. The molecule has 0 spiro atoms. The van der Waals surface area contributed by atoms with E-state index in [1.54, 1.807) is 24.3 Å². The zero-order chi connectivity index (χ0) is 14.0. The van der Waals surface area contributed by atoms with E-state index >= 15 is 0 Å². The van der Waals surface area contributed by atoms with E-state index in [0.717, 1.165) is 0 Å². The van der Waals surface area contributed by atoms with Gasteiger partial charge in [0, 0.05) is 10.0 Å². The minimum absolute atomic E-state index is 0.0120. The topological polar surface area (TPSA) is 9.23 Å². The van der Waals surface area contributed by atoms with Gasteiger partial charge in [0.15, 0.2) is 0 Å². The van der Waals surface area contributed by atoms with Crippen LogP contribution in [0.15, 0.2) is 46.9 Å². The van der Waals surface area contributed by atoms with Gasteiger partial charge in [-0.15, -0.1) is 0 Å². The van der Waals surface area contributed by atoms with Crippen LogP contribution in [0.2, 0.25) is 0 Å². The Bertz CT molecular complexity index is 579. The number of ether oxygens (including phenoxy) is 1. The summed E-state index contributed by atoms with van der Waals surface area (Å²) in [5, 5.41) is 0. The van der Waals surface area contributed by atoms with Crippen molar-refractivity contribution in [2.45, 2.75) is 13.1 Å². The molecule has 0 saturated heterocycles. The van der Waals surface area contributed by atoms with E-state index in [-0.39, 0.29) is 15.8 Å². The molecule has 0 aromatic heterocycles. The molecule has 0 aliphatic heterocycles. The van der Waals surface area contributed by atoms with Crippen molar-refractivity contribution in [1.29, 1.82) is 0 Å². The van der Waals surface area contributed by atoms with Gasteiger partial charge in [0.25, 0.3) is 0 Å². The van der Waals surface area contributed by atoms with E-state index < -0.39 is 11.7 Å². The Morgan fingerprint density at radius 3 is 2.21 bits per heavy atom. The van der Waals surface area contributed by atoms with Gasteiger partial charge in [-0.1, -0.05) is 34.1 Å². The van der Waals surface area contributed by atoms with E-state index in [2.05, 4.69) is 15.9 Å². The second kappa shape index (κ2) is 5.25. The Kier molecular flexibility index (Phi) is 3.85. The highest BCUT2D eigenvalue weighted by Crippen LogP contribution is 2.41. The molecule has 2 rings (SSSR count). The fourth-order valence-corrected chi connectivity index (χ4v) is 2.39. The molecule has 0 fully saturated rings. The first kappa shape index (κ1) is 13.9. The molecule has 5 heteroatoms. The number of hydrogen-bond donors (Lipinski definition) is 0. The van der Waals surface area contributed by atoms with Crippen molar-refractivity contribution in [1.82, 2.24) is 0 Å². The van der Waals surface area contributed by atoms with E-state index in [0.29, 0.717) is 5.75 Å². The maximum absolute atomic E-state index is 12.9. The molecule has 19 heavy (non-hydrogen) atoms. The molecule has 0 aliphatic rings. The summed E-state index contributed by atoms with van der Waals surface area (Å²) in [5.74, 6) is 0.697. The van der Waals surface area contributed by atoms with Crippen LogP contribution in [-0.4, -0.2) is 0 Å². The van der Waals surface area contributed by atoms with Gasteiger partial charge in [-0.3, -0.25) is 0 Å². The monoisotopic (exact) mass is 330 g/mol. The highest BCUT2D eigenvalue weighted by atomic mass is 79.9. The van der Waals surface area contributed by atoms with Crippen LogP contribution >= 0.6 is 15.9 Å². The number of alkyl halides is 3. The van der Waals surface area contributed by atoms with E-state index in [1.807, 2.05) is 6.07 Å². The molecule has 0 bridgehead atoms. The smallest absolute Gasteiger partial charge is 0.417 e. The van der Waals surface area contributed by atoms with Crippen molar-refractivity contribution in [2.24, 2.45) is 0 Å². The summed E-state index contributed by atoms with van der Waals surface area (Å²) in [6.45, 7) is 1.39. The third-order valence-corrected chi connectivity index (χ3v) is 3.28. The van der Waals surface area contributed by atoms with Crippen LogP contribution in [0.4, 0.5) is 13.2 Å². The summed E-state index contributed by atoms with van der Waals surface area (Å²) in [6, 6.07) is 11.6. The largest absolute Gasteiger partial charge is 0.457 e. The van der Waals surface area contributed by atoms with Gasteiger partial charge in [0.1, 0.15) is 11.5 Å². The number of para-hydroxylation sites is 1. The van der Waals surface area contributed by atoms with E-state index in [4.69, 9.17) is 4.74 Å². The molecular weight excluding hydrogens is 321 g/mol. The lowest BCUT2D eigenvalue weighted by atomic mass is 10.1. The van der Waals surface area contributed by atoms with Gasteiger partial charge in [-0.05, 0) is 31.2 Å². The van der Waals surface area contributed by atoms with Crippen LogP contribution in [0.5, 0.6) is 11.5 Å². The van der Waals surface area contributed by atoms with Crippen LogP contribution in [0.25, 0.3) is 0 Å². The second-order valence-corrected chi connectivity index (χ2v) is 4.81. The first-order chi connectivity index (χ1) is 8.89. The lowest BCUT2D eigenvalue weighted by Gasteiger charge is -2.16. The SMILES string of the molecule is Cc1c(Oc2ccccc2)ccc(Br)c1C(F)(F)F. The average Bonchev–Trinajstić information content (AvgIpc) is 2.32. The first-order valence-electron chi connectivity index (χ1n) is 5.49. The Balaban J connectivity index is 2.44. The molecule has 0 atom stereocenters. The first-order valence-corrected chi connectivity index (χ1v) is 6.28. The molecule has 100 valence electrons. The fraction of sp³-hybridized carbons (Fsp3) is 0.143. The fourth-order valence-electron chi connectivity index (χ4n) is 1.73. The lowest BCUT2D eigenvalue weighted by Crippen LogP contribution is -2.09. The summed E-state index contributed by atoms with van der Waals surface area (Å²) in [5.41, 5.74) is -0.647. The standard InChI is InChI=1S/C14H10BrF3O/c1-9-12(19-10-5-3-2-4-6-10)8-7-11(15)13(9)14(16,17)18/h2-8H,1H3. The molecule has 0 N–H and O–H groups in total. The minimum atomic E-state index is -4.42. The van der Waals surface area contributed by atoms with Crippen LogP contribution in [0.1, 0.15) is 11.1 Å². The van der Waals surface area contributed by atoms with Crippen molar-refractivity contribution in [3.63, 3.8) is 0 Å². The zero-order valence-electron chi connectivity index (χ0n) is 9.96. The van der Waals surface area contributed by atoms with Crippen LogP contribution in [0, 0.1) is 6.92 Å². The highest BCUT2D eigenvalue weighted by molar-refractivity contribution is 9.10. The van der Waals surface area contributed by atoms with E-state index in [1.165, 1.54) is 19.1 Å². The molecule has 0 heterocycles.